The summed E-state index contributed by atoms with van der Waals surface area (Å²) in [4.78, 5) is 22.8. The molecule has 1 aliphatic heterocycles. The number of carboxylic acids is 1. The van der Waals surface area contributed by atoms with E-state index in [4.69, 9.17) is 0 Å². The normalized spacial score (nSPS) is 17.4. The summed E-state index contributed by atoms with van der Waals surface area (Å²) in [5, 5.41) is 9.23. The van der Waals surface area contributed by atoms with E-state index in [1.54, 1.807) is 30.3 Å². The van der Waals surface area contributed by atoms with Crippen LogP contribution >= 0.6 is 0 Å². The van der Waals surface area contributed by atoms with Gasteiger partial charge in [-0.25, -0.2) is 0 Å². The van der Waals surface area contributed by atoms with Crippen LogP contribution in [0.15, 0.2) is 30.3 Å². The molecule has 0 spiro atoms. The largest absolute Gasteiger partial charge is 0.481 e. The molecular formula is C13H12F3NO3. The second kappa shape index (κ2) is 4.81. The third-order valence-corrected chi connectivity index (χ3v) is 3.36. The van der Waals surface area contributed by atoms with E-state index in [0.29, 0.717) is 10.5 Å². The van der Waals surface area contributed by atoms with Gasteiger partial charge in [-0.05, 0) is 12.0 Å². The van der Waals surface area contributed by atoms with Gasteiger partial charge in [0.15, 0.2) is 0 Å². The molecule has 4 nitrogen and oxygen atoms in total. The first kappa shape index (κ1) is 14.4. The number of carbonyl (C=O) groups excluding carboxylic acids is 1. The standard InChI is InChI=1S/C13H12F3NO3/c14-13(15,16)10(18)17-7-12(8-17,11(19)20)6-9-4-2-1-3-5-9/h1-5H,6-8H2,(H,19,20). The minimum absolute atomic E-state index is 0.102. The summed E-state index contributed by atoms with van der Waals surface area (Å²) >= 11 is 0. The molecule has 0 bridgehead atoms. The predicted octanol–water partition coefficient (Wildman–Crippen LogP) is 1.70. The summed E-state index contributed by atoms with van der Waals surface area (Å²) < 4.78 is 36.8. The minimum Gasteiger partial charge on any atom is -0.481 e. The SMILES string of the molecule is O=C(N1CC(Cc2ccccc2)(C(=O)O)C1)C(F)(F)F. The molecule has 0 saturated carbocycles. The molecular weight excluding hydrogens is 275 g/mol. The average Bonchev–Trinajstić information content (AvgIpc) is 2.32. The fourth-order valence-corrected chi connectivity index (χ4v) is 2.32. The van der Waals surface area contributed by atoms with Gasteiger partial charge in [0.1, 0.15) is 5.41 Å². The Morgan fingerprint density at radius 1 is 1.20 bits per heavy atom. The van der Waals surface area contributed by atoms with Gasteiger partial charge in [-0.1, -0.05) is 30.3 Å². The van der Waals surface area contributed by atoms with Crippen molar-refractivity contribution >= 4 is 11.9 Å². The summed E-state index contributed by atoms with van der Waals surface area (Å²) in [6, 6.07) is 8.62. The molecule has 0 aliphatic carbocycles. The van der Waals surface area contributed by atoms with Crippen molar-refractivity contribution in [3.8, 4) is 0 Å². The van der Waals surface area contributed by atoms with Crippen LogP contribution in [0.4, 0.5) is 13.2 Å². The van der Waals surface area contributed by atoms with E-state index >= 15 is 0 Å². The molecule has 1 amide bonds. The van der Waals surface area contributed by atoms with Crippen molar-refractivity contribution in [2.75, 3.05) is 13.1 Å². The maximum atomic E-state index is 12.3. The van der Waals surface area contributed by atoms with Gasteiger partial charge in [0.25, 0.3) is 0 Å². The fraction of sp³-hybridized carbons (Fsp3) is 0.385. The number of hydrogen-bond acceptors (Lipinski definition) is 2. The van der Waals surface area contributed by atoms with Crippen molar-refractivity contribution in [1.29, 1.82) is 0 Å². The Morgan fingerprint density at radius 2 is 1.75 bits per heavy atom. The molecule has 1 aliphatic rings. The van der Waals surface area contributed by atoms with E-state index < -0.39 is 36.6 Å². The van der Waals surface area contributed by atoms with Crippen LogP contribution in [0.3, 0.4) is 0 Å². The highest BCUT2D eigenvalue weighted by molar-refractivity contribution is 5.86. The van der Waals surface area contributed by atoms with Crippen molar-refractivity contribution < 1.29 is 27.9 Å². The smallest absolute Gasteiger partial charge is 0.471 e. The maximum absolute atomic E-state index is 12.3. The number of likely N-dealkylation sites (tertiary alicyclic amines) is 1. The molecule has 0 unspecified atom stereocenters. The van der Waals surface area contributed by atoms with Crippen LogP contribution in [0.25, 0.3) is 0 Å². The Hall–Kier alpha value is -2.05. The number of nitrogens with zero attached hydrogens (tertiary/aromatic N) is 1. The Labute approximate surface area is 112 Å². The summed E-state index contributed by atoms with van der Waals surface area (Å²) in [6.07, 6.45) is -4.86. The second-order valence-corrected chi connectivity index (χ2v) is 4.91. The first-order chi connectivity index (χ1) is 9.24. The quantitative estimate of drug-likeness (QED) is 0.920. The lowest BCUT2D eigenvalue weighted by Crippen LogP contribution is -2.65. The number of halogens is 3. The summed E-state index contributed by atoms with van der Waals surface area (Å²) in [7, 11) is 0. The molecule has 108 valence electrons. The van der Waals surface area contributed by atoms with E-state index in [-0.39, 0.29) is 6.42 Å². The van der Waals surface area contributed by atoms with Gasteiger partial charge in [0.05, 0.1) is 0 Å². The number of amides is 1. The highest BCUT2D eigenvalue weighted by atomic mass is 19.4. The molecule has 2 rings (SSSR count). The van der Waals surface area contributed by atoms with Crippen molar-refractivity contribution in [3.05, 3.63) is 35.9 Å². The van der Waals surface area contributed by atoms with Gasteiger partial charge in [0.2, 0.25) is 0 Å². The molecule has 1 N–H and O–H groups in total. The van der Waals surface area contributed by atoms with Crippen LogP contribution in [0.5, 0.6) is 0 Å². The number of hydrogen-bond donors (Lipinski definition) is 1. The first-order valence-electron chi connectivity index (χ1n) is 5.88. The summed E-state index contributed by atoms with van der Waals surface area (Å²) in [6.45, 7) is -0.842. The van der Waals surface area contributed by atoms with Gasteiger partial charge in [-0.15, -0.1) is 0 Å². The van der Waals surface area contributed by atoms with Crippen molar-refractivity contribution in [1.82, 2.24) is 4.90 Å². The van der Waals surface area contributed by atoms with Gasteiger partial charge < -0.3 is 10.0 Å². The molecule has 20 heavy (non-hydrogen) atoms. The van der Waals surface area contributed by atoms with Crippen molar-refractivity contribution in [3.63, 3.8) is 0 Å². The topological polar surface area (TPSA) is 57.6 Å². The van der Waals surface area contributed by atoms with E-state index in [0.717, 1.165) is 0 Å². The fourth-order valence-electron chi connectivity index (χ4n) is 2.32. The number of rotatable bonds is 3. The van der Waals surface area contributed by atoms with Gasteiger partial charge >= 0.3 is 18.1 Å². The Kier molecular flexibility index (Phi) is 3.45. The summed E-state index contributed by atoms with van der Waals surface area (Å²) in [5.41, 5.74) is -0.614. The average molecular weight is 287 g/mol. The zero-order valence-electron chi connectivity index (χ0n) is 10.4. The highest BCUT2D eigenvalue weighted by Crippen LogP contribution is 2.37. The number of benzene rings is 1. The molecule has 1 heterocycles. The molecule has 0 aromatic heterocycles. The predicted molar refractivity (Wildman–Crippen MR) is 62.8 cm³/mol. The second-order valence-electron chi connectivity index (χ2n) is 4.91. The van der Waals surface area contributed by atoms with E-state index in [1.165, 1.54) is 0 Å². The summed E-state index contributed by atoms with van der Waals surface area (Å²) in [5.74, 6) is -3.17. The van der Waals surface area contributed by atoms with Gasteiger partial charge in [0, 0.05) is 13.1 Å². The van der Waals surface area contributed by atoms with Crippen LogP contribution < -0.4 is 0 Å². The lowest BCUT2D eigenvalue weighted by atomic mass is 9.74. The van der Waals surface area contributed by atoms with E-state index in [9.17, 15) is 27.9 Å². The monoisotopic (exact) mass is 287 g/mol. The van der Waals surface area contributed by atoms with Crippen LogP contribution in [0.1, 0.15) is 5.56 Å². The molecule has 7 heteroatoms. The molecule has 1 aromatic rings. The number of alkyl halides is 3. The van der Waals surface area contributed by atoms with Crippen molar-refractivity contribution in [2.45, 2.75) is 12.6 Å². The highest BCUT2D eigenvalue weighted by Gasteiger charge is 2.56. The number of aliphatic carboxylic acids is 1. The zero-order valence-corrected chi connectivity index (χ0v) is 10.4. The lowest BCUT2D eigenvalue weighted by molar-refractivity contribution is -0.199. The van der Waals surface area contributed by atoms with Crippen molar-refractivity contribution in [2.24, 2.45) is 5.41 Å². The molecule has 0 atom stereocenters. The molecule has 1 saturated heterocycles. The molecule has 1 fully saturated rings. The number of carboxylic acid groups (broad SMARTS) is 1. The van der Waals surface area contributed by atoms with E-state index in [2.05, 4.69) is 0 Å². The number of carbonyl (C=O) groups is 2. The Bertz CT molecular complexity index is 521. The van der Waals surface area contributed by atoms with Crippen LogP contribution in [0, 0.1) is 5.41 Å². The molecule has 1 aromatic carbocycles. The van der Waals surface area contributed by atoms with Gasteiger partial charge in [-0.2, -0.15) is 13.2 Å². The zero-order chi connectivity index (χ0) is 15.0. The Balaban J connectivity index is 2.09. The van der Waals surface area contributed by atoms with Crippen LogP contribution in [0.2, 0.25) is 0 Å². The first-order valence-corrected chi connectivity index (χ1v) is 5.88. The lowest BCUT2D eigenvalue weighted by Gasteiger charge is -2.47. The van der Waals surface area contributed by atoms with Crippen LogP contribution in [-0.4, -0.2) is 41.1 Å². The van der Waals surface area contributed by atoms with Gasteiger partial charge in [-0.3, -0.25) is 9.59 Å². The third-order valence-electron chi connectivity index (χ3n) is 3.36. The Morgan fingerprint density at radius 3 is 2.20 bits per heavy atom. The van der Waals surface area contributed by atoms with Crippen LogP contribution in [-0.2, 0) is 16.0 Å². The molecule has 0 radical (unpaired) electrons. The maximum Gasteiger partial charge on any atom is 0.471 e. The minimum atomic E-state index is -4.96. The third kappa shape index (κ3) is 2.61. The van der Waals surface area contributed by atoms with E-state index in [1.807, 2.05) is 0 Å².